The van der Waals surface area contributed by atoms with Crippen molar-refractivity contribution >= 4 is 40.1 Å². The Balaban J connectivity index is 1.89. The van der Waals surface area contributed by atoms with Crippen LogP contribution in [-0.4, -0.2) is 15.0 Å². The summed E-state index contributed by atoms with van der Waals surface area (Å²) in [7, 11) is 0. The van der Waals surface area contributed by atoms with Gasteiger partial charge >= 0.3 is 0 Å². The fraction of sp³-hybridized carbons (Fsp3) is 0.133. The molecular weight excluding hydrogens is 304 g/mol. The molecule has 0 unspecified atom stereocenters. The highest BCUT2D eigenvalue weighted by atomic mass is 35.5. The maximum Gasteiger partial charge on any atom is 0.156 e. The van der Waals surface area contributed by atoms with Crippen LogP contribution in [0.5, 0.6) is 0 Å². The van der Waals surface area contributed by atoms with Gasteiger partial charge in [-0.3, -0.25) is 0 Å². The summed E-state index contributed by atoms with van der Waals surface area (Å²) in [6, 6.07) is 8.21. The Labute approximate surface area is 131 Å². The molecule has 0 spiro atoms. The lowest BCUT2D eigenvalue weighted by molar-refractivity contribution is 1.07. The molecule has 2 N–H and O–H groups in total. The molecule has 0 saturated carbocycles. The highest BCUT2D eigenvalue weighted by Crippen LogP contribution is 2.29. The van der Waals surface area contributed by atoms with E-state index in [9.17, 15) is 0 Å². The fourth-order valence-corrected chi connectivity index (χ4v) is 3.13. The van der Waals surface area contributed by atoms with E-state index in [2.05, 4.69) is 33.2 Å². The van der Waals surface area contributed by atoms with Gasteiger partial charge in [0.25, 0.3) is 0 Å². The second kappa shape index (κ2) is 5.87. The Kier molecular flexibility index (Phi) is 3.94. The van der Waals surface area contributed by atoms with Gasteiger partial charge in [0.2, 0.25) is 0 Å². The van der Waals surface area contributed by atoms with Crippen molar-refractivity contribution in [2.45, 2.75) is 17.7 Å². The number of thioether (sulfide) groups is 1. The van der Waals surface area contributed by atoms with E-state index < -0.39 is 0 Å². The molecule has 3 rings (SSSR count). The van der Waals surface area contributed by atoms with Gasteiger partial charge in [0.15, 0.2) is 5.82 Å². The van der Waals surface area contributed by atoms with Gasteiger partial charge in [-0.15, -0.1) is 0 Å². The molecule has 0 atom stereocenters. The number of pyridine rings is 1. The normalized spacial score (nSPS) is 11.0. The van der Waals surface area contributed by atoms with Crippen LogP contribution >= 0.6 is 23.4 Å². The van der Waals surface area contributed by atoms with E-state index in [0.717, 1.165) is 16.5 Å². The zero-order valence-corrected chi connectivity index (χ0v) is 12.9. The molecule has 0 bridgehead atoms. The first-order valence-corrected chi connectivity index (χ1v) is 7.75. The highest BCUT2D eigenvalue weighted by molar-refractivity contribution is 7.98. The summed E-state index contributed by atoms with van der Waals surface area (Å²) in [4.78, 5) is 12.7. The van der Waals surface area contributed by atoms with Crippen LogP contribution in [0.1, 0.15) is 11.1 Å². The van der Waals surface area contributed by atoms with E-state index in [-0.39, 0.29) is 0 Å². The molecule has 21 heavy (non-hydrogen) atoms. The number of nitrogen functional groups attached to an aromatic ring is 1. The zero-order valence-electron chi connectivity index (χ0n) is 11.4. The quantitative estimate of drug-likeness (QED) is 0.587. The first-order valence-electron chi connectivity index (χ1n) is 6.38. The summed E-state index contributed by atoms with van der Waals surface area (Å²) in [5.41, 5.74) is 8.83. The SMILES string of the molecule is Cc1ccc2cc(CSc3nccnc3N)c(Cl)nc2c1. The van der Waals surface area contributed by atoms with Crippen molar-refractivity contribution in [2.75, 3.05) is 5.73 Å². The predicted octanol–water partition coefficient (Wildman–Crippen LogP) is 3.86. The maximum absolute atomic E-state index is 6.27. The Morgan fingerprint density at radius 1 is 1.19 bits per heavy atom. The topological polar surface area (TPSA) is 64.7 Å². The Morgan fingerprint density at radius 3 is 2.81 bits per heavy atom. The van der Waals surface area contributed by atoms with Crippen LogP contribution in [0.3, 0.4) is 0 Å². The standard InChI is InChI=1S/C15H13ClN4S/c1-9-2-3-10-7-11(13(16)20-12(10)6-9)8-21-15-14(17)18-4-5-19-15/h2-7H,8H2,1H3,(H2,17,18). The minimum absolute atomic E-state index is 0.433. The monoisotopic (exact) mass is 316 g/mol. The van der Waals surface area contributed by atoms with Crippen LogP contribution in [0, 0.1) is 6.92 Å². The third-order valence-corrected chi connectivity index (χ3v) is 4.43. The smallest absolute Gasteiger partial charge is 0.156 e. The van der Waals surface area contributed by atoms with E-state index in [1.165, 1.54) is 17.3 Å². The van der Waals surface area contributed by atoms with Crippen LogP contribution < -0.4 is 5.73 Å². The van der Waals surface area contributed by atoms with Crippen molar-refractivity contribution in [3.63, 3.8) is 0 Å². The van der Waals surface area contributed by atoms with Crippen LogP contribution in [0.15, 0.2) is 41.7 Å². The van der Waals surface area contributed by atoms with Gasteiger partial charge in [0.05, 0.1) is 5.52 Å². The van der Waals surface area contributed by atoms with Crippen LogP contribution in [0.4, 0.5) is 5.82 Å². The van der Waals surface area contributed by atoms with Gasteiger partial charge in [-0.2, -0.15) is 0 Å². The molecule has 2 heterocycles. The molecule has 0 amide bonds. The number of fused-ring (bicyclic) bond motifs is 1. The number of aromatic nitrogens is 3. The Bertz CT molecular complexity index is 807. The average Bonchev–Trinajstić information content (AvgIpc) is 2.46. The minimum Gasteiger partial charge on any atom is -0.381 e. The lowest BCUT2D eigenvalue weighted by atomic mass is 10.1. The number of nitrogens with zero attached hydrogens (tertiary/aromatic N) is 3. The number of nitrogens with two attached hydrogens (primary N) is 1. The van der Waals surface area contributed by atoms with Gasteiger partial charge < -0.3 is 5.73 Å². The van der Waals surface area contributed by atoms with Gasteiger partial charge in [0, 0.05) is 29.1 Å². The lowest BCUT2D eigenvalue weighted by Crippen LogP contribution is -1.95. The highest BCUT2D eigenvalue weighted by Gasteiger charge is 2.08. The van der Waals surface area contributed by atoms with Gasteiger partial charge in [-0.05, 0) is 24.6 Å². The van der Waals surface area contributed by atoms with Crippen molar-refractivity contribution < 1.29 is 0 Å². The third-order valence-electron chi connectivity index (χ3n) is 3.05. The molecule has 4 nitrogen and oxygen atoms in total. The summed E-state index contributed by atoms with van der Waals surface area (Å²) >= 11 is 7.77. The third kappa shape index (κ3) is 3.09. The lowest BCUT2D eigenvalue weighted by Gasteiger charge is -2.07. The van der Waals surface area contributed by atoms with Crippen molar-refractivity contribution in [2.24, 2.45) is 0 Å². The molecule has 6 heteroatoms. The van der Waals surface area contributed by atoms with Crippen LogP contribution in [0.25, 0.3) is 10.9 Å². The van der Waals surface area contributed by atoms with E-state index in [0.29, 0.717) is 21.7 Å². The van der Waals surface area contributed by atoms with Crippen LogP contribution in [0.2, 0.25) is 5.15 Å². The number of anilines is 1. The molecule has 0 fully saturated rings. The Hall–Kier alpha value is -1.85. The molecule has 1 aromatic carbocycles. The zero-order chi connectivity index (χ0) is 14.8. The van der Waals surface area contributed by atoms with E-state index >= 15 is 0 Å². The van der Waals surface area contributed by atoms with Crippen molar-refractivity contribution in [3.8, 4) is 0 Å². The van der Waals surface area contributed by atoms with E-state index in [1.54, 1.807) is 12.4 Å². The average molecular weight is 317 g/mol. The second-order valence-corrected chi connectivity index (χ2v) is 5.99. The minimum atomic E-state index is 0.433. The number of rotatable bonds is 3. The van der Waals surface area contributed by atoms with Gasteiger partial charge in [-0.1, -0.05) is 35.5 Å². The maximum atomic E-state index is 6.27. The molecule has 2 aromatic heterocycles. The largest absolute Gasteiger partial charge is 0.381 e. The summed E-state index contributed by atoms with van der Waals surface area (Å²) < 4.78 is 0. The van der Waals surface area contributed by atoms with Crippen molar-refractivity contribution in [1.82, 2.24) is 15.0 Å². The first kappa shape index (κ1) is 14.1. The molecule has 0 saturated heterocycles. The van der Waals surface area contributed by atoms with Crippen LogP contribution in [-0.2, 0) is 5.75 Å². The number of aryl methyl sites for hydroxylation is 1. The number of benzene rings is 1. The summed E-state index contributed by atoms with van der Waals surface area (Å²) in [5, 5.41) is 2.30. The summed E-state index contributed by atoms with van der Waals surface area (Å²) in [6.45, 7) is 2.04. The molecule has 3 aromatic rings. The first-order chi connectivity index (χ1) is 10.1. The van der Waals surface area contributed by atoms with E-state index in [4.69, 9.17) is 17.3 Å². The molecular formula is C15H13ClN4S. The number of halogens is 1. The molecule has 106 valence electrons. The second-order valence-electron chi connectivity index (χ2n) is 4.67. The van der Waals surface area contributed by atoms with Crippen molar-refractivity contribution in [3.05, 3.63) is 52.9 Å². The molecule has 0 radical (unpaired) electrons. The van der Waals surface area contributed by atoms with Gasteiger partial charge in [-0.25, -0.2) is 15.0 Å². The summed E-state index contributed by atoms with van der Waals surface area (Å²) in [6.07, 6.45) is 3.20. The molecule has 0 aliphatic rings. The van der Waals surface area contributed by atoms with Gasteiger partial charge in [0.1, 0.15) is 10.2 Å². The number of hydrogen-bond donors (Lipinski definition) is 1. The summed E-state index contributed by atoms with van der Waals surface area (Å²) in [5.74, 6) is 1.08. The molecule has 0 aliphatic heterocycles. The Morgan fingerprint density at radius 2 is 2.00 bits per heavy atom. The fourth-order valence-electron chi connectivity index (χ4n) is 1.99. The predicted molar refractivity (Wildman–Crippen MR) is 87.5 cm³/mol. The number of hydrogen-bond acceptors (Lipinski definition) is 5. The molecule has 0 aliphatic carbocycles. The van der Waals surface area contributed by atoms with E-state index in [1.807, 2.05) is 13.0 Å². The van der Waals surface area contributed by atoms with Crippen molar-refractivity contribution in [1.29, 1.82) is 0 Å².